The van der Waals surface area contributed by atoms with E-state index in [9.17, 15) is 4.79 Å². The average molecular weight is 300 g/mol. The zero-order valence-electron chi connectivity index (χ0n) is 13.2. The van der Waals surface area contributed by atoms with Crippen molar-refractivity contribution in [2.75, 3.05) is 13.2 Å². The molecule has 2 aromatic rings. The van der Waals surface area contributed by atoms with Crippen LogP contribution in [0, 0.1) is 6.92 Å². The monoisotopic (exact) mass is 300 g/mol. The predicted octanol–water partition coefficient (Wildman–Crippen LogP) is 2.89. The Morgan fingerprint density at radius 1 is 1.32 bits per heavy atom. The molecule has 4 nitrogen and oxygen atoms in total. The van der Waals surface area contributed by atoms with Crippen LogP contribution in [0.15, 0.2) is 29.1 Å². The summed E-state index contributed by atoms with van der Waals surface area (Å²) in [4.78, 5) is 15.5. The number of rotatable bonds is 5. The molecule has 2 heterocycles. The van der Waals surface area contributed by atoms with Crippen LogP contribution in [0.2, 0.25) is 0 Å². The Kier molecular flexibility index (Phi) is 4.90. The second-order valence-electron chi connectivity index (χ2n) is 6.16. The molecule has 1 fully saturated rings. The van der Waals surface area contributed by atoms with Gasteiger partial charge in [-0.1, -0.05) is 11.6 Å². The lowest BCUT2D eigenvalue weighted by Crippen LogP contribution is -2.25. The number of benzene rings is 1. The topological polar surface area (TPSA) is 54.1 Å². The van der Waals surface area contributed by atoms with Crippen molar-refractivity contribution in [1.82, 2.24) is 10.3 Å². The minimum Gasteiger partial charge on any atom is -0.378 e. The van der Waals surface area contributed by atoms with Gasteiger partial charge in [0.2, 0.25) is 0 Å². The summed E-state index contributed by atoms with van der Waals surface area (Å²) in [5.74, 6) is 0. The smallest absolute Gasteiger partial charge is 0.189 e. The maximum absolute atomic E-state index is 12.2. The lowest BCUT2D eigenvalue weighted by Gasteiger charge is -2.22. The van der Waals surface area contributed by atoms with Crippen molar-refractivity contribution < 1.29 is 4.74 Å². The molecule has 1 aromatic carbocycles. The van der Waals surface area contributed by atoms with Gasteiger partial charge in [-0.15, -0.1) is 0 Å². The molecule has 22 heavy (non-hydrogen) atoms. The number of aryl methyl sites for hydroxylation is 1. The SMILES string of the molecule is Cc1ccc2[nH]c(CNCC[C@H]3CCCCO3)cc(=O)c2c1. The van der Waals surface area contributed by atoms with Crippen LogP contribution in [-0.4, -0.2) is 24.2 Å². The van der Waals surface area contributed by atoms with E-state index < -0.39 is 0 Å². The van der Waals surface area contributed by atoms with Crippen molar-refractivity contribution in [2.24, 2.45) is 0 Å². The van der Waals surface area contributed by atoms with Crippen molar-refractivity contribution in [1.29, 1.82) is 0 Å². The predicted molar refractivity (Wildman–Crippen MR) is 89.2 cm³/mol. The van der Waals surface area contributed by atoms with Gasteiger partial charge in [0.25, 0.3) is 0 Å². The molecule has 1 saturated heterocycles. The van der Waals surface area contributed by atoms with E-state index in [1.165, 1.54) is 19.3 Å². The van der Waals surface area contributed by atoms with Gasteiger partial charge in [-0.25, -0.2) is 0 Å². The van der Waals surface area contributed by atoms with Crippen molar-refractivity contribution in [2.45, 2.75) is 45.3 Å². The molecule has 0 spiro atoms. The summed E-state index contributed by atoms with van der Waals surface area (Å²) in [6.45, 7) is 4.51. The summed E-state index contributed by atoms with van der Waals surface area (Å²) in [5.41, 5.74) is 3.04. The van der Waals surface area contributed by atoms with Crippen LogP contribution < -0.4 is 10.7 Å². The first kappa shape index (κ1) is 15.3. The lowest BCUT2D eigenvalue weighted by atomic mass is 10.1. The maximum Gasteiger partial charge on any atom is 0.189 e. The number of hydrogen-bond donors (Lipinski definition) is 2. The van der Waals surface area contributed by atoms with Gasteiger partial charge >= 0.3 is 0 Å². The normalized spacial score (nSPS) is 18.7. The molecule has 0 bridgehead atoms. The molecular formula is C18H24N2O2. The zero-order chi connectivity index (χ0) is 15.4. The second-order valence-corrected chi connectivity index (χ2v) is 6.16. The maximum atomic E-state index is 12.2. The van der Waals surface area contributed by atoms with E-state index in [1.54, 1.807) is 6.07 Å². The first-order chi connectivity index (χ1) is 10.7. The fraction of sp³-hybridized carbons (Fsp3) is 0.500. The van der Waals surface area contributed by atoms with Crippen molar-refractivity contribution >= 4 is 10.9 Å². The van der Waals surface area contributed by atoms with Gasteiger partial charge in [-0.3, -0.25) is 4.79 Å². The molecule has 118 valence electrons. The van der Waals surface area contributed by atoms with Crippen LogP contribution in [-0.2, 0) is 11.3 Å². The molecule has 3 rings (SSSR count). The number of fused-ring (bicyclic) bond motifs is 1. The Bertz CT molecular complexity index is 687. The summed E-state index contributed by atoms with van der Waals surface area (Å²) in [7, 11) is 0. The third kappa shape index (κ3) is 3.76. The largest absolute Gasteiger partial charge is 0.378 e. The minimum absolute atomic E-state index is 0.0878. The average Bonchev–Trinajstić information content (AvgIpc) is 2.53. The van der Waals surface area contributed by atoms with Crippen molar-refractivity contribution in [3.63, 3.8) is 0 Å². The van der Waals surface area contributed by atoms with E-state index in [0.29, 0.717) is 12.6 Å². The molecule has 2 N–H and O–H groups in total. The molecule has 1 aromatic heterocycles. The molecule has 0 amide bonds. The summed E-state index contributed by atoms with van der Waals surface area (Å²) in [6, 6.07) is 7.64. The summed E-state index contributed by atoms with van der Waals surface area (Å²) in [5, 5.41) is 4.17. The Hall–Kier alpha value is -1.65. The first-order valence-corrected chi connectivity index (χ1v) is 8.17. The van der Waals surface area contributed by atoms with Crippen LogP contribution in [0.25, 0.3) is 10.9 Å². The molecule has 0 saturated carbocycles. The fourth-order valence-electron chi connectivity index (χ4n) is 3.03. The quantitative estimate of drug-likeness (QED) is 0.835. The highest BCUT2D eigenvalue weighted by molar-refractivity contribution is 5.79. The second kappa shape index (κ2) is 7.07. The van der Waals surface area contributed by atoms with E-state index in [0.717, 1.165) is 41.7 Å². The number of H-pyrrole nitrogens is 1. The molecule has 0 unspecified atom stereocenters. The Balaban J connectivity index is 1.57. The highest BCUT2D eigenvalue weighted by atomic mass is 16.5. The van der Waals surface area contributed by atoms with E-state index in [1.807, 2.05) is 25.1 Å². The van der Waals surface area contributed by atoms with Gasteiger partial charge < -0.3 is 15.0 Å². The zero-order valence-corrected chi connectivity index (χ0v) is 13.2. The standard InChI is InChI=1S/C18H24N2O2/c1-13-5-6-17-16(10-13)18(21)11-14(20-17)12-19-8-7-15-4-2-3-9-22-15/h5-6,10-11,15,19H,2-4,7-9,12H2,1H3,(H,20,21)/t15-/m1/s1. The number of pyridine rings is 1. The highest BCUT2D eigenvalue weighted by Gasteiger charge is 2.12. The van der Waals surface area contributed by atoms with E-state index >= 15 is 0 Å². The van der Waals surface area contributed by atoms with Gasteiger partial charge in [0.15, 0.2) is 5.43 Å². The number of ether oxygens (including phenoxy) is 1. The van der Waals surface area contributed by atoms with Gasteiger partial charge in [0, 0.05) is 35.8 Å². The van der Waals surface area contributed by atoms with Gasteiger partial charge in [0.05, 0.1) is 6.10 Å². The van der Waals surface area contributed by atoms with Gasteiger partial charge in [0.1, 0.15) is 0 Å². The molecule has 1 aliphatic rings. The van der Waals surface area contributed by atoms with Crippen LogP contribution in [0.4, 0.5) is 0 Å². The summed E-state index contributed by atoms with van der Waals surface area (Å²) >= 11 is 0. The molecule has 4 heteroatoms. The van der Waals surface area contributed by atoms with E-state index in [-0.39, 0.29) is 5.43 Å². The van der Waals surface area contributed by atoms with Gasteiger partial charge in [-0.2, -0.15) is 0 Å². The van der Waals surface area contributed by atoms with Crippen molar-refractivity contribution in [3.8, 4) is 0 Å². The molecule has 0 radical (unpaired) electrons. The Labute approximate surface area is 130 Å². The number of nitrogens with one attached hydrogen (secondary N) is 2. The Morgan fingerprint density at radius 3 is 3.05 bits per heavy atom. The van der Waals surface area contributed by atoms with Crippen LogP contribution >= 0.6 is 0 Å². The third-order valence-corrected chi connectivity index (χ3v) is 4.27. The molecular weight excluding hydrogens is 276 g/mol. The Morgan fingerprint density at radius 2 is 2.23 bits per heavy atom. The summed E-state index contributed by atoms with van der Waals surface area (Å²) in [6.07, 6.45) is 5.09. The van der Waals surface area contributed by atoms with Crippen LogP contribution in [0.5, 0.6) is 0 Å². The third-order valence-electron chi connectivity index (χ3n) is 4.27. The minimum atomic E-state index is 0.0878. The number of aromatic nitrogens is 1. The fourth-order valence-corrected chi connectivity index (χ4v) is 3.03. The molecule has 1 atom stereocenters. The highest BCUT2D eigenvalue weighted by Crippen LogP contribution is 2.15. The van der Waals surface area contributed by atoms with Crippen molar-refractivity contribution in [3.05, 3.63) is 45.7 Å². The first-order valence-electron chi connectivity index (χ1n) is 8.17. The van der Waals surface area contributed by atoms with E-state index in [4.69, 9.17) is 4.74 Å². The van der Waals surface area contributed by atoms with Gasteiger partial charge in [-0.05, 0) is 51.3 Å². The summed E-state index contributed by atoms with van der Waals surface area (Å²) < 4.78 is 5.72. The lowest BCUT2D eigenvalue weighted by molar-refractivity contribution is 0.0115. The molecule has 0 aliphatic carbocycles. The van der Waals surface area contributed by atoms with Crippen LogP contribution in [0.3, 0.4) is 0 Å². The molecule has 1 aliphatic heterocycles. The number of aromatic amines is 1. The number of hydrogen-bond acceptors (Lipinski definition) is 3. The van der Waals surface area contributed by atoms with Crippen LogP contribution in [0.1, 0.15) is 36.9 Å². The van der Waals surface area contributed by atoms with E-state index in [2.05, 4.69) is 10.3 Å².